The topological polar surface area (TPSA) is 77.8 Å². The van der Waals surface area contributed by atoms with Gasteiger partial charge in [-0.1, -0.05) is 34.8 Å². The summed E-state index contributed by atoms with van der Waals surface area (Å²) in [5.74, 6) is -0.424. The van der Waals surface area contributed by atoms with E-state index in [-0.39, 0.29) is 27.4 Å². The van der Waals surface area contributed by atoms with Crippen LogP contribution in [0.5, 0.6) is 5.75 Å². The second-order valence-electron chi connectivity index (χ2n) is 4.91. The van der Waals surface area contributed by atoms with E-state index >= 15 is 0 Å². The number of rotatable bonds is 7. The highest BCUT2D eigenvalue weighted by molar-refractivity contribution is 6.43. The van der Waals surface area contributed by atoms with Crippen molar-refractivity contribution in [1.82, 2.24) is 5.32 Å². The maximum Gasteiger partial charge on any atom is 0.344 e. The molecule has 1 heterocycles. The van der Waals surface area contributed by atoms with Crippen molar-refractivity contribution in [2.75, 3.05) is 6.61 Å². The quantitative estimate of drug-likeness (QED) is 0.558. The summed E-state index contributed by atoms with van der Waals surface area (Å²) in [5.41, 5.74) is 0. The molecule has 0 saturated heterocycles. The molecule has 0 bridgehead atoms. The monoisotopic (exact) mass is 405 g/mol. The minimum Gasteiger partial charge on any atom is -0.480 e. The Morgan fingerprint density at radius 3 is 2.60 bits per heavy atom. The molecule has 1 atom stereocenters. The molecule has 0 fully saturated rings. The predicted molar refractivity (Wildman–Crippen MR) is 93.1 cm³/mol. The number of ether oxygens (including phenoxy) is 2. The zero-order chi connectivity index (χ0) is 18.4. The lowest BCUT2D eigenvalue weighted by molar-refractivity contribution is -0.156. The lowest BCUT2D eigenvalue weighted by Gasteiger charge is -2.14. The molecule has 1 N–H and O–H groups in total. The van der Waals surface area contributed by atoms with Crippen LogP contribution in [-0.4, -0.2) is 24.6 Å². The first-order chi connectivity index (χ1) is 11.9. The SMILES string of the molecule is C[C@H](OC(=O)COc1cc(Cl)c(Cl)cc1Cl)C(=O)NCc1ccco1. The summed E-state index contributed by atoms with van der Waals surface area (Å²) in [6.07, 6.45) is 0.506. The van der Waals surface area contributed by atoms with Crippen LogP contribution in [0.4, 0.5) is 0 Å². The van der Waals surface area contributed by atoms with Crippen molar-refractivity contribution in [3.63, 3.8) is 0 Å². The molecular weight excluding hydrogens is 393 g/mol. The van der Waals surface area contributed by atoms with Crippen LogP contribution in [-0.2, 0) is 20.9 Å². The van der Waals surface area contributed by atoms with Crippen LogP contribution in [0.15, 0.2) is 34.9 Å². The summed E-state index contributed by atoms with van der Waals surface area (Å²) in [7, 11) is 0. The molecule has 0 aliphatic heterocycles. The maximum absolute atomic E-state index is 11.9. The molecule has 0 aliphatic carbocycles. The van der Waals surface area contributed by atoms with Gasteiger partial charge in [0.2, 0.25) is 0 Å². The fourth-order valence-corrected chi connectivity index (χ4v) is 2.36. The summed E-state index contributed by atoms with van der Waals surface area (Å²) in [6, 6.07) is 6.21. The Bertz CT molecular complexity index is 748. The number of amides is 1. The van der Waals surface area contributed by atoms with Crippen molar-refractivity contribution in [3.8, 4) is 5.75 Å². The summed E-state index contributed by atoms with van der Waals surface area (Å²) < 4.78 is 15.3. The van der Waals surface area contributed by atoms with Gasteiger partial charge in [0.1, 0.15) is 11.5 Å². The fraction of sp³-hybridized carbons (Fsp3) is 0.250. The first kappa shape index (κ1) is 19.4. The van der Waals surface area contributed by atoms with Crippen molar-refractivity contribution in [1.29, 1.82) is 0 Å². The molecule has 0 aliphatic rings. The zero-order valence-electron chi connectivity index (χ0n) is 13.1. The summed E-state index contributed by atoms with van der Waals surface area (Å²) >= 11 is 17.6. The minimum absolute atomic E-state index is 0.183. The number of hydrogen-bond donors (Lipinski definition) is 1. The first-order valence-electron chi connectivity index (χ1n) is 7.13. The smallest absolute Gasteiger partial charge is 0.344 e. The van der Waals surface area contributed by atoms with Crippen LogP contribution in [0.25, 0.3) is 0 Å². The van der Waals surface area contributed by atoms with Crippen molar-refractivity contribution >= 4 is 46.7 Å². The number of benzene rings is 1. The highest BCUT2D eigenvalue weighted by Crippen LogP contribution is 2.33. The minimum atomic E-state index is -0.990. The van der Waals surface area contributed by atoms with Gasteiger partial charge in [-0.05, 0) is 25.1 Å². The molecule has 0 unspecified atom stereocenters. The number of halogens is 3. The van der Waals surface area contributed by atoms with Gasteiger partial charge < -0.3 is 19.2 Å². The van der Waals surface area contributed by atoms with Gasteiger partial charge in [0.15, 0.2) is 12.7 Å². The molecule has 0 saturated carbocycles. The van der Waals surface area contributed by atoms with Crippen molar-refractivity contribution in [3.05, 3.63) is 51.4 Å². The van der Waals surface area contributed by atoms with E-state index in [1.54, 1.807) is 12.1 Å². The molecule has 0 radical (unpaired) electrons. The van der Waals surface area contributed by atoms with Gasteiger partial charge in [-0.25, -0.2) is 4.79 Å². The molecule has 134 valence electrons. The number of carbonyl (C=O) groups excluding carboxylic acids is 2. The summed E-state index contributed by atoms with van der Waals surface area (Å²) in [4.78, 5) is 23.6. The van der Waals surface area contributed by atoms with Gasteiger partial charge in [0, 0.05) is 6.07 Å². The molecule has 2 rings (SSSR count). The highest BCUT2D eigenvalue weighted by atomic mass is 35.5. The average molecular weight is 407 g/mol. The number of nitrogens with one attached hydrogen (secondary N) is 1. The van der Waals surface area contributed by atoms with Crippen molar-refractivity contribution in [2.45, 2.75) is 19.6 Å². The van der Waals surface area contributed by atoms with Crippen LogP contribution in [0.3, 0.4) is 0 Å². The lowest BCUT2D eigenvalue weighted by Crippen LogP contribution is -2.36. The Balaban J connectivity index is 1.79. The Morgan fingerprint density at radius 1 is 1.20 bits per heavy atom. The van der Waals surface area contributed by atoms with E-state index in [9.17, 15) is 9.59 Å². The van der Waals surface area contributed by atoms with Crippen LogP contribution < -0.4 is 10.1 Å². The van der Waals surface area contributed by atoms with E-state index in [4.69, 9.17) is 48.7 Å². The number of furan rings is 1. The van der Waals surface area contributed by atoms with E-state index in [1.807, 2.05) is 0 Å². The van der Waals surface area contributed by atoms with Gasteiger partial charge >= 0.3 is 5.97 Å². The van der Waals surface area contributed by atoms with E-state index in [0.29, 0.717) is 5.76 Å². The van der Waals surface area contributed by atoms with E-state index in [1.165, 1.54) is 25.3 Å². The van der Waals surface area contributed by atoms with Crippen LogP contribution >= 0.6 is 34.8 Å². The van der Waals surface area contributed by atoms with E-state index in [2.05, 4.69) is 5.32 Å². The Morgan fingerprint density at radius 2 is 1.92 bits per heavy atom. The van der Waals surface area contributed by atoms with E-state index in [0.717, 1.165) is 0 Å². The zero-order valence-corrected chi connectivity index (χ0v) is 15.3. The average Bonchev–Trinajstić information content (AvgIpc) is 3.08. The second-order valence-corrected chi connectivity index (χ2v) is 6.14. The molecule has 25 heavy (non-hydrogen) atoms. The Hall–Kier alpha value is -1.89. The van der Waals surface area contributed by atoms with Gasteiger partial charge in [-0.3, -0.25) is 4.79 Å². The molecular formula is C16H14Cl3NO5. The molecule has 2 aromatic rings. The van der Waals surface area contributed by atoms with Crippen molar-refractivity contribution in [2.24, 2.45) is 0 Å². The molecule has 6 nitrogen and oxygen atoms in total. The van der Waals surface area contributed by atoms with E-state index < -0.39 is 24.6 Å². The molecule has 9 heteroatoms. The number of hydrogen-bond acceptors (Lipinski definition) is 5. The Labute approximate surface area is 158 Å². The van der Waals surface area contributed by atoms with Crippen LogP contribution in [0.1, 0.15) is 12.7 Å². The van der Waals surface area contributed by atoms with Crippen molar-refractivity contribution < 1.29 is 23.5 Å². The molecule has 0 spiro atoms. The number of carbonyl (C=O) groups is 2. The molecule has 1 aromatic carbocycles. The third kappa shape index (κ3) is 5.85. The van der Waals surface area contributed by atoms with Crippen LogP contribution in [0, 0.1) is 0 Å². The maximum atomic E-state index is 11.9. The second kappa shape index (κ2) is 8.99. The normalized spacial score (nSPS) is 11.7. The fourth-order valence-electron chi connectivity index (χ4n) is 1.77. The largest absolute Gasteiger partial charge is 0.480 e. The third-order valence-corrected chi connectivity index (χ3v) is 4.03. The van der Waals surface area contributed by atoms with Gasteiger partial charge in [-0.15, -0.1) is 0 Å². The molecule has 1 aromatic heterocycles. The Kier molecular flexibility index (Phi) is 6.99. The third-order valence-electron chi connectivity index (χ3n) is 3.01. The predicted octanol–water partition coefficient (Wildman–Crippen LogP) is 3.87. The lowest BCUT2D eigenvalue weighted by atomic mass is 10.3. The van der Waals surface area contributed by atoms with Crippen LogP contribution in [0.2, 0.25) is 15.1 Å². The summed E-state index contributed by atoms with van der Waals surface area (Å²) in [5, 5.41) is 3.29. The number of esters is 1. The van der Waals surface area contributed by atoms with Gasteiger partial charge in [-0.2, -0.15) is 0 Å². The van der Waals surface area contributed by atoms with Gasteiger partial charge in [0.05, 0.1) is 27.9 Å². The molecule has 1 amide bonds. The summed E-state index contributed by atoms with van der Waals surface area (Å²) in [6.45, 7) is 1.21. The van der Waals surface area contributed by atoms with Gasteiger partial charge in [0.25, 0.3) is 5.91 Å². The first-order valence-corrected chi connectivity index (χ1v) is 8.27. The standard InChI is InChI=1S/C16H14Cl3NO5/c1-9(16(22)20-7-10-3-2-4-23-10)25-15(21)8-24-14-6-12(18)11(17)5-13(14)19/h2-6,9H,7-8H2,1H3,(H,20,22)/t9-/m0/s1. The highest BCUT2D eigenvalue weighted by Gasteiger charge is 2.18.